The van der Waals surface area contributed by atoms with Crippen LogP contribution < -0.4 is 0 Å². The maximum absolute atomic E-state index is 12.6. The van der Waals surface area contributed by atoms with Gasteiger partial charge in [0.1, 0.15) is 0 Å². The number of benzene rings is 1. The SMILES string of the molecule is Cc1cc(Br)ccc1SCC(=O)OCC(=O)N(CC(C)C)C1CCS(=O)(=O)C1. The third kappa shape index (κ3) is 7.08. The second-order valence-corrected chi connectivity index (χ2v) is 11.5. The van der Waals surface area contributed by atoms with E-state index in [2.05, 4.69) is 15.9 Å². The van der Waals surface area contributed by atoms with Crippen molar-refractivity contribution in [2.75, 3.05) is 30.4 Å². The van der Waals surface area contributed by atoms with E-state index in [9.17, 15) is 18.0 Å². The monoisotopic (exact) mass is 491 g/mol. The van der Waals surface area contributed by atoms with E-state index < -0.39 is 15.8 Å². The molecule has 9 heteroatoms. The number of carbonyl (C=O) groups excluding carboxylic acids is 2. The van der Waals surface area contributed by atoms with Gasteiger partial charge in [-0.3, -0.25) is 9.59 Å². The fraction of sp³-hybridized carbons (Fsp3) is 0.579. The van der Waals surface area contributed by atoms with Crippen LogP contribution in [0.3, 0.4) is 0 Å². The average Bonchev–Trinajstić information content (AvgIpc) is 2.96. The molecule has 0 spiro atoms. The zero-order valence-electron chi connectivity index (χ0n) is 16.3. The van der Waals surface area contributed by atoms with Gasteiger partial charge in [-0.25, -0.2) is 8.42 Å². The first kappa shape index (κ1) is 23.2. The molecule has 2 rings (SSSR count). The van der Waals surface area contributed by atoms with Crippen LogP contribution >= 0.6 is 27.7 Å². The van der Waals surface area contributed by atoms with Crippen LogP contribution in [0.5, 0.6) is 0 Å². The molecule has 1 aromatic rings. The Bertz CT molecular complexity index is 826. The lowest BCUT2D eigenvalue weighted by atomic mass is 10.1. The van der Waals surface area contributed by atoms with Crippen LogP contribution in [0.25, 0.3) is 0 Å². The zero-order chi connectivity index (χ0) is 20.9. The van der Waals surface area contributed by atoms with Gasteiger partial charge in [-0.05, 0) is 43.0 Å². The summed E-state index contributed by atoms with van der Waals surface area (Å²) in [5, 5.41) is 0. The molecule has 156 valence electrons. The summed E-state index contributed by atoms with van der Waals surface area (Å²) in [4.78, 5) is 27.2. The van der Waals surface area contributed by atoms with Gasteiger partial charge in [-0.15, -0.1) is 11.8 Å². The minimum absolute atomic E-state index is 0.0158. The first-order valence-electron chi connectivity index (χ1n) is 9.12. The van der Waals surface area contributed by atoms with Gasteiger partial charge in [0.05, 0.1) is 17.3 Å². The van der Waals surface area contributed by atoms with E-state index in [4.69, 9.17) is 4.74 Å². The highest BCUT2D eigenvalue weighted by Crippen LogP contribution is 2.25. The Morgan fingerprint density at radius 3 is 2.64 bits per heavy atom. The molecule has 1 amide bonds. The second kappa shape index (κ2) is 10.1. The molecule has 1 atom stereocenters. The molecule has 0 saturated carbocycles. The van der Waals surface area contributed by atoms with E-state index >= 15 is 0 Å². The standard InChI is InChI=1S/C19H26BrNO5S2/c1-13(2)9-21(16-6-7-28(24,25)12-16)18(22)10-26-19(23)11-27-17-5-4-15(20)8-14(17)3/h4-5,8,13,16H,6-7,9-12H2,1-3H3. The number of esters is 1. The predicted molar refractivity (Wildman–Crippen MR) is 114 cm³/mol. The van der Waals surface area contributed by atoms with Crippen molar-refractivity contribution >= 4 is 49.4 Å². The van der Waals surface area contributed by atoms with Gasteiger partial charge in [-0.1, -0.05) is 29.8 Å². The molecular weight excluding hydrogens is 466 g/mol. The molecule has 6 nitrogen and oxygen atoms in total. The number of nitrogens with zero attached hydrogens (tertiary/aromatic N) is 1. The zero-order valence-corrected chi connectivity index (χ0v) is 19.5. The number of aryl methyl sites for hydroxylation is 1. The highest BCUT2D eigenvalue weighted by Gasteiger charge is 2.35. The van der Waals surface area contributed by atoms with Crippen molar-refractivity contribution in [3.63, 3.8) is 0 Å². The molecule has 1 aliphatic heterocycles. The summed E-state index contributed by atoms with van der Waals surface area (Å²) in [5.41, 5.74) is 1.05. The summed E-state index contributed by atoms with van der Waals surface area (Å²) in [6.07, 6.45) is 0.438. The van der Waals surface area contributed by atoms with E-state index in [-0.39, 0.29) is 41.7 Å². The number of hydrogen-bond donors (Lipinski definition) is 0. The number of thioether (sulfide) groups is 1. The molecule has 0 bridgehead atoms. The summed E-state index contributed by atoms with van der Waals surface area (Å²) in [6, 6.07) is 5.46. The van der Waals surface area contributed by atoms with Crippen LogP contribution in [0, 0.1) is 12.8 Å². The number of amides is 1. The van der Waals surface area contributed by atoms with Crippen molar-refractivity contribution in [3.8, 4) is 0 Å². The third-order valence-corrected chi connectivity index (χ3v) is 7.76. The van der Waals surface area contributed by atoms with Gasteiger partial charge in [-0.2, -0.15) is 0 Å². The van der Waals surface area contributed by atoms with E-state index in [1.807, 2.05) is 39.0 Å². The van der Waals surface area contributed by atoms with Crippen molar-refractivity contribution < 1.29 is 22.7 Å². The van der Waals surface area contributed by atoms with Crippen molar-refractivity contribution in [1.82, 2.24) is 4.90 Å². The van der Waals surface area contributed by atoms with Gasteiger partial charge >= 0.3 is 5.97 Å². The van der Waals surface area contributed by atoms with Crippen LogP contribution in [0.15, 0.2) is 27.6 Å². The first-order valence-corrected chi connectivity index (χ1v) is 12.7. The molecule has 1 fully saturated rings. The Balaban J connectivity index is 1.87. The summed E-state index contributed by atoms with van der Waals surface area (Å²) >= 11 is 4.76. The maximum atomic E-state index is 12.6. The van der Waals surface area contributed by atoms with Gasteiger partial charge < -0.3 is 9.64 Å². The molecular formula is C19H26BrNO5S2. The normalized spacial score (nSPS) is 18.2. The summed E-state index contributed by atoms with van der Waals surface area (Å²) in [7, 11) is -3.10. The number of rotatable bonds is 8. The van der Waals surface area contributed by atoms with Gasteiger partial charge in [0.2, 0.25) is 0 Å². The Labute approximate surface area is 179 Å². The molecule has 0 N–H and O–H groups in total. The molecule has 1 aromatic carbocycles. The topological polar surface area (TPSA) is 80.8 Å². The lowest BCUT2D eigenvalue weighted by molar-refractivity contribution is -0.151. The Kier molecular flexibility index (Phi) is 8.39. The van der Waals surface area contributed by atoms with E-state index in [1.54, 1.807) is 4.90 Å². The maximum Gasteiger partial charge on any atom is 0.316 e. The minimum Gasteiger partial charge on any atom is -0.455 e. The smallest absolute Gasteiger partial charge is 0.316 e. The first-order chi connectivity index (χ1) is 13.1. The van der Waals surface area contributed by atoms with Crippen LogP contribution in [-0.2, 0) is 24.2 Å². The summed E-state index contributed by atoms with van der Waals surface area (Å²) < 4.78 is 29.6. The number of sulfone groups is 1. The molecule has 0 radical (unpaired) electrons. The van der Waals surface area contributed by atoms with Gasteiger partial charge in [0.15, 0.2) is 16.4 Å². The van der Waals surface area contributed by atoms with Crippen molar-refractivity contribution in [1.29, 1.82) is 0 Å². The fourth-order valence-corrected chi connectivity index (χ4v) is 6.06. The highest BCUT2D eigenvalue weighted by molar-refractivity contribution is 9.10. The van der Waals surface area contributed by atoms with Crippen molar-refractivity contribution in [2.45, 2.75) is 38.1 Å². The highest BCUT2D eigenvalue weighted by atomic mass is 79.9. The quantitative estimate of drug-likeness (QED) is 0.410. The fourth-order valence-electron chi connectivity index (χ4n) is 3.05. The average molecular weight is 492 g/mol. The molecule has 1 aliphatic rings. The van der Waals surface area contributed by atoms with E-state index in [0.717, 1.165) is 14.9 Å². The van der Waals surface area contributed by atoms with Crippen LogP contribution in [0.4, 0.5) is 0 Å². The number of hydrogen-bond acceptors (Lipinski definition) is 6. The molecule has 28 heavy (non-hydrogen) atoms. The Morgan fingerprint density at radius 1 is 1.36 bits per heavy atom. The lowest BCUT2D eigenvalue weighted by Gasteiger charge is -2.29. The van der Waals surface area contributed by atoms with Crippen LogP contribution in [-0.4, -0.2) is 61.6 Å². The van der Waals surface area contributed by atoms with Crippen molar-refractivity contribution in [3.05, 3.63) is 28.2 Å². The molecule has 1 heterocycles. The molecule has 1 unspecified atom stereocenters. The van der Waals surface area contributed by atoms with Crippen LogP contribution in [0.1, 0.15) is 25.8 Å². The second-order valence-electron chi connectivity index (χ2n) is 7.36. The molecule has 1 saturated heterocycles. The van der Waals surface area contributed by atoms with Gasteiger partial charge in [0.25, 0.3) is 5.91 Å². The minimum atomic E-state index is -3.10. The van der Waals surface area contributed by atoms with E-state index in [0.29, 0.717) is 13.0 Å². The van der Waals surface area contributed by atoms with Gasteiger partial charge in [0, 0.05) is 22.0 Å². The Morgan fingerprint density at radius 2 is 2.07 bits per heavy atom. The third-order valence-electron chi connectivity index (χ3n) is 4.37. The van der Waals surface area contributed by atoms with Crippen LogP contribution in [0.2, 0.25) is 0 Å². The number of carbonyl (C=O) groups is 2. The number of ether oxygens (including phenoxy) is 1. The Hall–Kier alpha value is -1.06. The van der Waals surface area contributed by atoms with E-state index in [1.165, 1.54) is 11.8 Å². The largest absolute Gasteiger partial charge is 0.455 e. The summed E-state index contributed by atoms with van der Waals surface area (Å²) in [5.74, 6) is -0.421. The lowest BCUT2D eigenvalue weighted by Crippen LogP contribution is -2.45. The molecule has 0 aliphatic carbocycles. The molecule has 0 aromatic heterocycles. The van der Waals surface area contributed by atoms with Crippen molar-refractivity contribution in [2.24, 2.45) is 5.92 Å². The number of halogens is 1. The predicted octanol–water partition coefficient (Wildman–Crippen LogP) is 3.06. The summed E-state index contributed by atoms with van der Waals surface area (Å²) in [6.45, 7) is 5.98.